The van der Waals surface area contributed by atoms with Gasteiger partial charge >= 0.3 is 0 Å². The molecule has 5 nitrogen and oxygen atoms in total. The minimum Gasteiger partial charge on any atom is -0.349 e. The Morgan fingerprint density at radius 1 is 1.20 bits per heavy atom. The Balaban J connectivity index is 1.81. The van der Waals surface area contributed by atoms with Gasteiger partial charge in [0.2, 0.25) is 5.91 Å². The van der Waals surface area contributed by atoms with Crippen LogP contribution in [0.1, 0.15) is 36.5 Å². The van der Waals surface area contributed by atoms with Crippen LogP contribution < -0.4 is 16.0 Å². The number of anilines is 1. The number of benzene rings is 1. The minimum absolute atomic E-state index is 0.0267. The molecule has 1 aromatic carbocycles. The molecule has 5 heteroatoms. The van der Waals surface area contributed by atoms with Crippen molar-refractivity contribution in [3.63, 3.8) is 0 Å². The first kappa shape index (κ1) is 14.5. The van der Waals surface area contributed by atoms with Crippen molar-refractivity contribution in [2.75, 3.05) is 18.4 Å². The SMILES string of the molecule is CCNCCC(=O)Nc1ccc(C(=O)NC2CC2)cc1. The maximum Gasteiger partial charge on any atom is 0.251 e. The van der Waals surface area contributed by atoms with E-state index < -0.39 is 0 Å². The fraction of sp³-hybridized carbons (Fsp3) is 0.467. The number of nitrogens with one attached hydrogen (secondary N) is 3. The third kappa shape index (κ3) is 4.66. The summed E-state index contributed by atoms with van der Waals surface area (Å²) in [6, 6.07) is 7.34. The van der Waals surface area contributed by atoms with Gasteiger partial charge in [-0.2, -0.15) is 0 Å². The quantitative estimate of drug-likeness (QED) is 0.661. The van der Waals surface area contributed by atoms with Crippen LogP contribution in [0.3, 0.4) is 0 Å². The molecule has 0 spiro atoms. The van der Waals surface area contributed by atoms with Gasteiger partial charge in [0.1, 0.15) is 0 Å². The third-order valence-corrected chi connectivity index (χ3v) is 3.12. The summed E-state index contributed by atoms with van der Waals surface area (Å²) in [4.78, 5) is 23.4. The normalized spacial score (nSPS) is 13.8. The Hall–Kier alpha value is -1.88. The topological polar surface area (TPSA) is 70.2 Å². The highest BCUT2D eigenvalue weighted by Gasteiger charge is 2.23. The van der Waals surface area contributed by atoms with Crippen LogP contribution in [-0.2, 0) is 4.79 Å². The maximum absolute atomic E-state index is 11.8. The molecule has 3 N–H and O–H groups in total. The van der Waals surface area contributed by atoms with Crippen molar-refractivity contribution in [1.82, 2.24) is 10.6 Å². The van der Waals surface area contributed by atoms with Crippen LogP contribution in [0.15, 0.2) is 24.3 Å². The second-order valence-corrected chi connectivity index (χ2v) is 4.98. The van der Waals surface area contributed by atoms with Gasteiger partial charge in [0.25, 0.3) is 5.91 Å². The molecule has 108 valence electrons. The molecule has 0 unspecified atom stereocenters. The summed E-state index contributed by atoms with van der Waals surface area (Å²) in [5.41, 5.74) is 1.34. The standard InChI is InChI=1S/C15H21N3O2/c1-2-16-10-9-14(19)17-12-5-3-11(4-6-12)15(20)18-13-7-8-13/h3-6,13,16H,2,7-10H2,1H3,(H,17,19)(H,18,20). The lowest BCUT2D eigenvalue weighted by molar-refractivity contribution is -0.116. The van der Waals surface area contributed by atoms with E-state index in [0.29, 0.717) is 24.6 Å². The van der Waals surface area contributed by atoms with Crippen LogP contribution in [0.5, 0.6) is 0 Å². The smallest absolute Gasteiger partial charge is 0.251 e. The molecule has 2 rings (SSSR count). The number of rotatable bonds is 7. The average molecular weight is 275 g/mol. The number of hydrogen-bond acceptors (Lipinski definition) is 3. The summed E-state index contributed by atoms with van der Waals surface area (Å²) in [7, 11) is 0. The van der Waals surface area contributed by atoms with E-state index in [1.54, 1.807) is 24.3 Å². The van der Waals surface area contributed by atoms with Crippen molar-refractivity contribution in [3.05, 3.63) is 29.8 Å². The molecule has 0 saturated heterocycles. The van der Waals surface area contributed by atoms with E-state index in [4.69, 9.17) is 0 Å². The number of carbonyl (C=O) groups excluding carboxylic acids is 2. The summed E-state index contributed by atoms with van der Waals surface area (Å²) in [5.74, 6) is -0.0707. The van der Waals surface area contributed by atoms with Crippen molar-refractivity contribution in [2.24, 2.45) is 0 Å². The van der Waals surface area contributed by atoms with E-state index in [-0.39, 0.29) is 11.8 Å². The van der Waals surface area contributed by atoms with Crippen LogP contribution in [0, 0.1) is 0 Å². The van der Waals surface area contributed by atoms with E-state index in [0.717, 1.165) is 25.1 Å². The van der Waals surface area contributed by atoms with Gasteiger partial charge in [-0.15, -0.1) is 0 Å². The molecule has 0 bridgehead atoms. The van der Waals surface area contributed by atoms with Gasteiger partial charge < -0.3 is 16.0 Å². The Morgan fingerprint density at radius 3 is 2.50 bits per heavy atom. The monoisotopic (exact) mass is 275 g/mol. The molecule has 1 aliphatic rings. The average Bonchev–Trinajstić information content (AvgIpc) is 3.24. The number of hydrogen-bond donors (Lipinski definition) is 3. The van der Waals surface area contributed by atoms with Crippen LogP contribution in [0.4, 0.5) is 5.69 Å². The molecule has 1 aliphatic carbocycles. The molecule has 0 heterocycles. The van der Waals surface area contributed by atoms with Crippen molar-refractivity contribution < 1.29 is 9.59 Å². The second kappa shape index (κ2) is 7.05. The summed E-state index contributed by atoms with van der Waals surface area (Å²) >= 11 is 0. The highest BCUT2D eigenvalue weighted by molar-refractivity contribution is 5.96. The molecule has 20 heavy (non-hydrogen) atoms. The van der Waals surface area contributed by atoms with E-state index >= 15 is 0 Å². The van der Waals surface area contributed by atoms with Gasteiger partial charge in [-0.05, 0) is 43.7 Å². The van der Waals surface area contributed by atoms with E-state index in [2.05, 4.69) is 16.0 Å². The summed E-state index contributed by atoms with van der Waals surface area (Å²) < 4.78 is 0. The first-order valence-electron chi connectivity index (χ1n) is 7.10. The van der Waals surface area contributed by atoms with Crippen LogP contribution in [0.2, 0.25) is 0 Å². The van der Waals surface area contributed by atoms with E-state index in [1.807, 2.05) is 6.92 Å². The zero-order valence-corrected chi connectivity index (χ0v) is 11.7. The third-order valence-electron chi connectivity index (χ3n) is 3.12. The lowest BCUT2D eigenvalue weighted by Crippen LogP contribution is -2.25. The molecule has 0 atom stereocenters. The predicted octanol–water partition coefficient (Wildman–Crippen LogP) is 1.52. The van der Waals surface area contributed by atoms with Crippen molar-refractivity contribution in [3.8, 4) is 0 Å². The highest BCUT2D eigenvalue weighted by atomic mass is 16.2. The second-order valence-electron chi connectivity index (χ2n) is 4.98. The highest BCUT2D eigenvalue weighted by Crippen LogP contribution is 2.19. The number of carbonyl (C=O) groups is 2. The Kier molecular flexibility index (Phi) is 5.12. The molecule has 0 radical (unpaired) electrons. The number of amides is 2. The molecule has 1 fully saturated rings. The molecular formula is C15H21N3O2. The lowest BCUT2D eigenvalue weighted by Gasteiger charge is -2.07. The first-order chi connectivity index (χ1) is 9.69. The molecule has 2 amide bonds. The van der Waals surface area contributed by atoms with E-state index in [1.165, 1.54) is 0 Å². The summed E-state index contributed by atoms with van der Waals surface area (Å²) in [6.07, 6.45) is 2.59. The Bertz CT molecular complexity index is 467. The van der Waals surface area contributed by atoms with Crippen LogP contribution >= 0.6 is 0 Å². The molecule has 0 aliphatic heterocycles. The van der Waals surface area contributed by atoms with Gasteiger partial charge in [0.05, 0.1) is 0 Å². The van der Waals surface area contributed by atoms with Gasteiger partial charge in [-0.3, -0.25) is 9.59 Å². The summed E-state index contributed by atoms with van der Waals surface area (Å²) in [5, 5.41) is 8.84. The zero-order chi connectivity index (χ0) is 14.4. The van der Waals surface area contributed by atoms with Crippen molar-refractivity contribution in [1.29, 1.82) is 0 Å². The Labute approximate surface area is 119 Å². The Morgan fingerprint density at radius 2 is 1.90 bits per heavy atom. The lowest BCUT2D eigenvalue weighted by atomic mass is 10.2. The molecule has 1 aromatic rings. The van der Waals surface area contributed by atoms with Gasteiger partial charge in [0, 0.05) is 30.3 Å². The van der Waals surface area contributed by atoms with Crippen LogP contribution in [-0.4, -0.2) is 30.9 Å². The fourth-order valence-electron chi connectivity index (χ4n) is 1.80. The summed E-state index contributed by atoms with van der Waals surface area (Å²) in [6.45, 7) is 3.53. The van der Waals surface area contributed by atoms with Gasteiger partial charge in [-0.25, -0.2) is 0 Å². The first-order valence-corrected chi connectivity index (χ1v) is 7.10. The maximum atomic E-state index is 11.8. The van der Waals surface area contributed by atoms with Gasteiger partial charge in [0.15, 0.2) is 0 Å². The predicted molar refractivity (Wildman–Crippen MR) is 78.7 cm³/mol. The molecule has 1 saturated carbocycles. The molecule has 0 aromatic heterocycles. The largest absolute Gasteiger partial charge is 0.349 e. The minimum atomic E-state index is -0.0440. The zero-order valence-electron chi connectivity index (χ0n) is 11.7. The van der Waals surface area contributed by atoms with Crippen molar-refractivity contribution >= 4 is 17.5 Å². The molecular weight excluding hydrogens is 254 g/mol. The fourth-order valence-corrected chi connectivity index (χ4v) is 1.80. The van der Waals surface area contributed by atoms with Gasteiger partial charge in [-0.1, -0.05) is 6.92 Å². The van der Waals surface area contributed by atoms with Crippen molar-refractivity contribution in [2.45, 2.75) is 32.2 Å². The van der Waals surface area contributed by atoms with E-state index in [9.17, 15) is 9.59 Å². The van der Waals surface area contributed by atoms with Crippen LogP contribution in [0.25, 0.3) is 0 Å².